The van der Waals surface area contributed by atoms with Crippen molar-refractivity contribution in [2.75, 3.05) is 0 Å². The van der Waals surface area contributed by atoms with Crippen molar-refractivity contribution < 1.29 is 4.42 Å². The monoisotopic (exact) mass is 586 g/mol. The lowest BCUT2D eigenvalue weighted by atomic mass is 9.83. The Morgan fingerprint density at radius 3 is 1.74 bits per heavy atom. The van der Waals surface area contributed by atoms with Crippen LogP contribution in [0.4, 0.5) is 0 Å². The largest absolute Gasteiger partial charge is 0.456 e. The van der Waals surface area contributed by atoms with E-state index >= 15 is 0 Å². The predicted octanol–water partition coefficient (Wildman–Crippen LogP) is 13.2. The third kappa shape index (κ3) is 3.89. The van der Waals surface area contributed by atoms with E-state index in [9.17, 15) is 0 Å². The maximum Gasteiger partial charge on any atom is 0.136 e. The van der Waals surface area contributed by atoms with Gasteiger partial charge in [-0.25, -0.2) is 0 Å². The molecule has 0 N–H and O–H groups in total. The van der Waals surface area contributed by atoms with Crippen molar-refractivity contribution in [1.82, 2.24) is 0 Å². The first kappa shape index (κ1) is 26.5. The summed E-state index contributed by atoms with van der Waals surface area (Å²) < 4.78 is 6.39. The lowest BCUT2D eigenvalue weighted by molar-refractivity contribution is 0.669. The third-order valence-corrected chi connectivity index (χ3v) is 9.50. The van der Waals surface area contributed by atoms with Gasteiger partial charge in [0.25, 0.3) is 0 Å². The first-order valence-corrected chi connectivity index (χ1v) is 15.8. The number of benzene rings is 8. The molecule has 46 heavy (non-hydrogen) atoms. The smallest absolute Gasteiger partial charge is 0.136 e. The van der Waals surface area contributed by atoms with Gasteiger partial charge in [-0.15, -0.1) is 0 Å². The zero-order chi connectivity index (χ0) is 30.8. The molecule has 0 bridgehead atoms. The van der Waals surface area contributed by atoms with E-state index in [2.05, 4.69) is 152 Å². The van der Waals surface area contributed by atoms with E-state index < -0.39 is 0 Å². The second-order valence-corrected chi connectivity index (χ2v) is 12.0. The van der Waals surface area contributed by atoms with Crippen molar-refractivity contribution in [2.24, 2.45) is 0 Å². The molecule has 9 rings (SSSR count). The van der Waals surface area contributed by atoms with E-state index in [0.29, 0.717) is 0 Å². The minimum atomic E-state index is 0.888. The normalized spacial score (nSPS) is 12.0. The van der Waals surface area contributed by atoms with Gasteiger partial charge in [0, 0.05) is 10.8 Å². The SMILES string of the molecule is C=Cc1cc2c(cc1/C=C\C)oc1ccc(-c3c4ccccc4c(-c4cc5ccccc5c5ccccc45)c4ccccc34)cc12. The molecule has 0 aliphatic rings. The summed E-state index contributed by atoms with van der Waals surface area (Å²) in [5.41, 5.74) is 8.94. The molecule has 1 heteroatoms. The minimum absolute atomic E-state index is 0.888. The first-order chi connectivity index (χ1) is 22.7. The zero-order valence-corrected chi connectivity index (χ0v) is 25.5. The molecule has 1 nitrogen and oxygen atoms in total. The molecule has 9 aromatic rings. The highest BCUT2D eigenvalue weighted by Crippen LogP contribution is 2.47. The molecule has 1 aromatic heterocycles. The summed E-state index contributed by atoms with van der Waals surface area (Å²) in [6, 6.07) is 48.7. The van der Waals surface area contributed by atoms with Crippen molar-refractivity contribution in [2.45, 2.75) is 6.92 Å². The Bertz CT molecular complexity index is 2660. The Balaban J connectivity index is 1.38. The molecule has 0 atom stereocenters. The fraction of sp³-hybridized carbons (Fsp3) is 0.0222. The van der Waals surface area contributed by atoms with E-state index in [0.717, 1.165) is 33.1 Å². The maximum atomic E-state index is 6.39. The van der Waals surface area contributed by atoms with E-state index in [1.807, 2.05) is 13.0 Å². The summed E-state index contributed by atoms with van der Waals surface area (Å²) in [5.74, 6) is 0. The van der Waals surface area contributed by atoms with Gasteiger partial charge >= 0.3 is 0 Å². The number of hydrogen-bond donors (Lipinski definition) is 0. The molecule has 8 aromatic carbocycles. The number of fused-ring (bicyclic) bond motifs is 8. The molecule has 0 aliphatic carbocycles. The lowest BCUT2D eigenvalue weighted by Crippen LogP contribution is -1.92. The molecule has 0 unspecified atom stereocenters. The molecule has 0 saturated carbocycles. The van der Waals surface area contributed by atoms with Crippen LogP contribution in [0.2, 0.25) is 0 Å². The average Bonchev–Trinajstić information content (AvgIpc) is 3.46. The second-order valence-electron chi connectivity index (χ2n) is 12.0. The summed E-state index contributed by atoms with van der Waals surface area (Å²) in [5, 5.41) is 12.3. The standard InChI is InChI=1S/C45H30O/c1-3-13-29-27-43-40(24-28(29)4-2)39-26-31(22-23-42(39)46-43)44-35-18-9-11-20-37(35)45(38-21-12-10-19-36(38)44)41-25-30-14-5-6-15-32(30)33-16-7-8-17-34(33)41/h3-27H,2H2,1H3/b13-3-. The van der Waals surface area contributed by atoms with Gasteiger partial charge in [-0.05, 0) is 114 Å². The molecule has 1 heterocycles. The van der Waals surface area contributed by atoms with E-state index in [-0.39, 0.29) is 0 Å². The highest BCUT2D eigenvalue weighted by Gasteiger charge is 2.20. The van der Waals surface area contributed by atoms with E-state index in [1.54, 1.807) is 0 Å². The molecule has 0 aliphatic heterocycles. The molecule has 0 spiro atoms. The minimum Gasteiger partial charge on any atom is -0.456 e. The van der Waals surface area contributed by atoms with Gasteiger partial charge in [0.05, 0.1) is 0 Å². The van der Waals surface area contributed by atoms with Crippen LogP contribution in [0.15, 0.2) is 151 Å². The van der Waals surface area contributed by atoms with Crippen LogP contribution in [0, 0.1) is 0 Å². The van der Waals surface area contributed by atoms with Crippen LogP contribution in [-0.4, -0.2) is 0 Å². The Labute approximate surface area is 267 Å². The van der Waals surface area contributed by atoms with Gasteiger partial charge in [-0.2, -0.15) is 0 Å². The highest BCUT2D eigenvalue weighted by atomic mass is 16.3. The van der Waals surface area contributed by atoms with Crippen molar-refractivity contribution in [3.05, 3.63) is 157 Å². The van der Waals surface area contributed by atoms with Gasteiger partial charge in [0.2, 0.25) is 0 Å². The number of allylic oxidation sites excluding steroid dienone is 1. The van der Waals surface area contributed by atoms with Gasteiger partial charge < -0.3 is 4.42 Å². The van der Waals surface area contributed by atoms with Crippen LogP contribution >= 0.6 is 0 Å². The Morgan fingerprint density at radius 2 is 1.07 bits per heavy atom. The molecule has 216 valence electrons. The second kappa shape index (κ2) is 10.3. The van der Waals surface area contributed by atoms with Crippen molar-refractivity contribution in [3.63, 3.8) is 0 Å². The fourth-order valence-corrected chi connectivity index (χ4v) is 7.50. The van der Waals surface area contributed by atoms with Crippen LogP contribution in [0.1, 0.15) is 18.1 Å². The summed E-state index contributed by atoms with van der Waals surface area (Å²) in [7, 11) is 0. The summed E-state index contributed by atoms with van der Waals surface area (Å²) in [6.07, 6.45) is 6.08. The number of rotatable bonds is 4. The Hall–Kier alpha value is -5.92. The van der Waals surface area contributed by atoms with Crippen molar-refractivity contribution in [1.29, 1.82) is 0 Å². The fourth-order valence-electron chi connectivity index (χ4n) is 7.50. The average molecular weight is 587 g/mol. The van der Waals surface area contributed by atoms with Crippen molar-refractivity contribution in [3.8, 4) is 22.3 Å². The maximum absolute atomic E-state index is 6.39. The molecular weight excluding hydrogens is 556 g/mol. The molecule has 0 fully saturated rings. The van der Waals surface area contributed by atoms with E-state index in [1.165, 1.54) is 65.3 Å². The third-order valence-electron chi connectivity index (χ3n) is 9.50. The van der Waals surface area contributed by atoms with Crippen LogP contribution in [0.3, 0.4) is 0 Å². The summed E-state index contributed by atoms with van der Waals surface area (Å²) in [6.45, 7) is 6.11. The quantitative estimate of drug-likeness (QED) is 0.148. The highest BCUT2D eigenvalue weighted by molar-refractivity contribution is 6.26. The van der Waals surface area contributed by atoms with Gasteiger partial charge in [-0.3, -0.25) is 0 Å². The van der Waals surface area contributed by atoms with Gasteiger partial charge in [-0.1, -0.05) is 128 Å². The van der Waals surface area contributed by atoms with Gasteiger partial charge in [0.1, 0.15) is 11.2 Å². The van der Waals surface area contributed by atoms with Crippen LogP contribution in [-0.2, 0) is 0 Å². The number of furan rings is 1. The zero-order valence-electron chi connectivity index (χ0n) is 25.5. The van der Waals surface area contributed by atoms with Crippen molar-refractivity contribution >= 4 is 77.2 Å². The summed E-state index contributed by atoms with van der Waals surface area (Å²) in [4.78, 5) is 0. The van der Waals surface area contributed by atoms with Gasteiger partial charge in [0.15, 0.2) is 0 Å². The number of hydrogen-bond acceptors (Lipinski definition) is 1. The Morgan fingerprint density at radius 1 is 0.478 bits per heavy atom. The molecule has 0 radical (unpaired) electrons. The lowest BCUT2D eigenvalue weighted by Gasteiger charge is -2.19. The van der Waals surface area contributed by atoms with Crippen LogP contribution in [0.5, 0.6) is 0 Å². The molecule has 0 amide bonds. The Kier molecular flexibility index (Phi) is 5.94. The predicted molar refractivity (Wildman–Crippen MR) is 199 cm³/mol. The topological polar surface area (TPSA) is 13.1 Å². The first-order valence-electron chi connectivity index (χ1n) is 15.8. The summed E-state index contributed by atoms with van der Waals surface area (Å²) >= 11 is 0. The van der Waals surface area contributed by atoms with Crippen LogP contribution < -0.4 is 0 Å². The molecule has 0 saturated heterocycles. The van der Waals surface area contributed by atoms with E-state index in [4.69, 9.17) is 4.42 Å². The van der Waals surface area contributed by atoms with Crippen LogP contribution in [0.25, 0.3) is 99.4 Å². The molecular formula is C45H30O.